The third-order valence-corrected chi connectivity index (χ3v) is 6.03. The van der Waals surface area contributed by atoms with Crippen molar-refractivity contribution in [2.45, 2.75) is 38.6 Å². The van der Waals surface area contributed by atoms with Crippen molar-refractivity contribution in [1.82, 2.24) is 4.90 Å². The highest BCUT2D eigenvalue weighted by molar-refractivity contribution is 6.46. The van der Waals surface area contributed by atoms with Crippen LogP contribution in [0.25, 0.3) is 5.76 Å². The minimum atomic E-state index is -0.718. The summed E-state index contributed by atoms with van der Waals surface area (Å²) >= 11 is 0. The maximum Gasteiger partial charge on any atom is 0.295 e. The van der Waals surface area contributed by atoms with Gasteiger partial charge in [-0.2, -0.15) is 0 Å². The summed E-state index contributed by atoms with van der Waals surface area (Å²) in [6.07, 6.45) is 0.735. The van der Waals surface area contributed by atoms with Crippen molar-refractivity contribution in [2.24, 2.45) is 0 Å². The average Bonchev–Trinajstić information content (AvgIpc) is 3.03. The summed E-state index contributed by atoms with van der Waals surface area (Å²) in [6, 6.07) is 13.9. The van der Waals surface area contributed by atoms with E-state index in [-0.39, 0.29) is 11.0 Å². The van der Waals surface area contributed by atoms with E-state index < -0.39 is 23.5 Å². The first-order chi connectivity index (χ1) is 15.5. The number of Topliss-reactive ketones (excluding diaryl/α,β-unsaturated/α-hetero) is 1. The lowest BCUT2D eigenvalue weighted by molar-refractivity contribution is -0.858. The van der Waals surface area contributed by atoms with Gasteiger partial charge < -0.3 is 19.6 Å². The smallest absolute Gasteiger partial charge is 0.295 e. The van der Waals surface area contributed by atoms with E-state index >= 15 is 0 Å². The molecule has 1 aliphatic rings. The van der Waals surface area contributed by atoms with Gasteiger partial charge in [0.25, 0.3) is 5.91 Å². The number of hydrogen-bond donors (Lipinski definition) is 1. The molecular weight excluding hydrogens is 416 g/mol. The fraction of sp³-hybridized carbons (Fsp3) is 0.407. The van der Waals surface area contributed by atoms with E-state index in [0.29, 0.717) is 17.9 Å². The van der Waals surface area contributed by atoms with Gasteiger partial charge in [0.1, 0.15) is 5.75 Å². The number of amides is 1. The molecular formula is C27H34N2O4. The molecule has 0 aliphatic carbocycles. The van der Waals surface area contributed by atoms with Crippen molar-refractivity contribution in [2.75, 3.05) is 34.3 Å². The molecule has 0 aromatic heterocycles. The Labute approximate surface area is 196 Å². The largest absolute Gasteiger partial charge is 0.872 e. The highest BCUT2D eigenvalue weighted by Gasteiger charge is 2.44. The molecule has 0 spiro atoms. The van der Waals surface area contributed by atoms with E-state index in [1.165, 1.54) is 12.0 Å². The monoisotopic (exact) mass is 450 g/mol. The van der Waals surface area contributed by atoms with Crippen LogP contribution in [-0.4, -0.2) is 50.9 Å². The lowest BCUT2D eigenvalue weighted by Gasteiger charge is -2.28. The van der Waals surface area contributed by atoms with Crippen LogP contribution in [0.2, 0.25) is 0 Å². The third-order valence-electron chi connectivity index (χ3n) is 6.03. The van der Waals surface area contributed by atoms with Crippen LogP contribution >= 0.6 is 0 Å². The van der Waals surface area contributed by atoms with Crippen LogP contribution in [0.1, 0.15) is 49.9 Å². The Morgan fingerprint density at radius 3 is 2.33 bits per heavy atom. The van der Waals surface area contributed by atoms with Crippen molar-refractivity contribution < 1.29 is 24.3 Å². The predicted octanol–water partition coefficient (Wildman–Crippen LogP) is 1.75. The second-order valence-corrected chi connectivity index (χ2v) is 9.89. The number of carbonyl (C=O) groups is 2. The Hall–Kier alpha value is -3.12. The Morgan fingerprint density at radius 1 is 1.09 bits per heavy atom. The summed E-state index contributed by atoms with van der Waals surface area (Å²) in [7, 11) is 5.61. The third kappa shape index (κ3) is 5.28. The number of benzene rings is 2. The molecule has 1 atom stereocenters. The number of hydrogen-bond acceptors (Lipinski definition) is 4. The number of nitrogens with zero attached hydrogens (tertiary/aromatic N) is 1. The zero-order chi connectivity index (χ0) is 24.3. The molecule has 0 saturated carbocycles. The van der Waals surface area contributed by atoms with Gasteiger partial charge in [0.15, 0.2) is 0 Å². The van der Waals surface area contributed by atoms with Gasteiger partial charge >= 0.3 is 0 Å². The van der Waals surface area contributed by atoms with E-state index in [1.54, 1.807) is 29.2 Å². The minimum absolute atomic E-state index is 0.00830. The van der Waals surface area contributed by atoms with Crippen molar-refractivity contribution in [1.29, 1.82) is 0 Å². The maximum absolute atomic E-state index is 13.5. The van der Waals surface area contributed by atoms with E-state index in [4.69, 9.17) is 4.74 Å². The van der Waals surface area contributed by atoms with Crippen molar-refractivity contribution in [3.8, 4) is 5.75 Å². The number of methoxy groups -OCH3 is 1. The van der Waals surface area contributed by atoms with Gasteiger partial charge in [-0.3, -0.25) is 9.59 Å². The van der Waals surface area contributed by atoms with Gasteiger partial charge in [-0.25, -0.2) is 0 Å². The first kappa shape index (κ1) is 24.5. The fourth-order valence-electron chi connectivity index (χ4n) is 4.14. The first-order valence-corrected chi connectivity index (χ1v) is 11.3. The van der Waals surface area contributed by atoms with Crippen LogP contribution in [0.15, 0.2) is 54.1 Å². The van der Waals surface area contributed by atoms with E-state index in [1.807, 2.05) is 38.4 Å². The normalized spacial score (nSPS) is 18.3. The lowest BCUT2D eigenvalue weighted by Crippen LogP contribution is -3.05. The predicted molar refractivity (Wildman–Crippen MR) is 127 cm³/mol. The van der Waals surface area contributed by atoms with Crippen molar-refractivity contribution in [3.63, 3.8) is 0 Å². The molecule has 176 valence electrons. The minimum Gasteiger partial charge on any atom is -0.872 e. The summed E-state index contributed by atoms with van der Waals surface area (Å²) in [5.41, 5.74) is 2.23. The molecule has 1 unspecified atom stereocenters. The summed E-state index contributed by atoms with van der Waals surface area (Å²) in [5.74, 6) is -1.24. The van der Waals surface area contributed by atoms with Gasteiger partial charge in [0, 0.05) is 18.5 Å². The molecule has 0 radical (unpaired) electrons. The number of ketones is 1. The highest BCUT2D eigenvalue weighted by atomic mass is 16.5. The number of likely N-dealkylation sites (tertiary alicyclic amines) is 1. The zero-order valence-corrected chi connectivity index (χ0v) is 20.4. The SMILES string of the molecule is COc1cccc(C([O-])=C2C(=O)C(=O)N(CCC[NH+](C)C)C2c2ccc(C(C)(C)C)cc2)c1. The topological polar surface area (TPSA) is 74.1 Å². The Bertz CT molecular complexity index is 1050. The first-order valence-electron chi connectivity index (χ1n) is 11.3. The standard InChI is InChI=1S/C27H34N2O4/c1-27(2,3)20-13-11-18(12-14-20)23-22(24(30)19-9-7-10-21(17-19)33-6)25(31)26(32)29(23)16-8-15-28(4)5/h7,9-14,17,23,30H,8,15-16H2,1-6H3. The van der Waals surface area contributed by atoms with Gasteiger partial charge in [-0.15, -0.1) is 0 Å². The Kier molecular flexibility index (Phi) is 7.28. The zero-order valence-electron chi connectivity index (χ0n) is 20.4. The molecule has 3 rings (SSSR count). The van der Waals surface area contributed by atoms with Crippen LogP contribution < -0.4 is 14.7 Å². The molecule has 1 aliphatic heterocycles. The van der Waals surface area contributed by atoms with E-state index in [2.05, 4.69) is 20.8 Å². The summed E-state index contributed by atoms with van der Waals surface area (Å²) in [6.45, 7) is 7.66. The molecule has 2 aromatic carbocycles. The molecule has 1 N–H and O–H groups in total. The second-order valence-electron chi connectivity index (χ2n) is 9.89. The number of quaternary nitrogens is 1. The van der Waals surface area contributed by atoms with Crippen LogP contribution in [0.3, 0.4) is 0 Å². The molecule has 1 heterocycles. The number of nitrogens with one attached hydrogen (secondary N) is 1. The van der Waals surface area contributed by atoms with Crippen LogP contribution in [0.4, 0.5) is 0 Å². The summed E-state index contributed by atoms with van der Waals surface area (Å²) < 4.78 is 5.24. The van der Waals surface area contributed by atoms with Gasteiger partial charge in [0.2, 0.25) is 5.78 Å². The molecule has 6 nitrogen and oxygen atoms in total. The van der Waals surface area contributed by atoms with Crippen LogP contribution in [0.5, 0.6) is 5.75 Å². The van der Waals surface area contributed by atoms with Crippen molar-refractivity contribution >= 4 is 17.4 Å². The number of carbonyl (C=O) groups excluding carboxylic acids is 2. The molecule has 2 aromatic rings. The van der Waals surface area contributed by atoms with Crippen LogP contribution in [0, 0.1) is 0 Å². The quantitative estimate of drug-likeness (QED) is 0.396. The summed E-state index contributed by atoms with van der Waals surface area (Å²) in [4.78, 5) is 29.0. The molecule has 1 fully saturated rings. The average molecular weight is 451 g/mol. The second kappa shape index (κ2) is 9.79. The number of ether oxygens (including phenoxy) is 1. The van der Waals surface area contributed by atoms with E-state index in [0.717, 1.165) is 24.1 Å². The van der Waals surface area contributed by atoms with Gasteiger partial charge in [-0.1, -0.05) is 62.9 Å². The molecule has 1 saturated heterocycles. The van der Waals surface area contributed by atoms with E-state index in [9.17, 15) is 14.7 Å². The Balaban J connectivity index is 2.11. The molecule has 0 bridgehead atoms. The van der Waals surface area contributed by atoms with Crippen molar-refractivity contribution in [3.05, 3.63) is 70.8 Å². The molecule has 33 heavy (non-hydrogen) atoms. The van der Waals surface area contributed by atoms with Crippen LogP contribution in [-0.2, 0) is 15.0 Å². The highest BCUT2D eigenvalue weighted by Crippen LogP contribution is 2.39. The molecule has 1 amide bonds. The lowest BCUT2D eigenvalue weighted by atomic mass is 9.85. The van der Waals surface area contributed by atoms with Gasteiger partial charge in [-0.05, 0) is 34.2 Å². The fourth-order valence-corrected chi connectivity index (χ4v) is 4.14. The Morgan fingerprint density at radius 2 is 1.76 bits per heavy atom. The maximum atomic E-state index is 13.5. The summed E-state index contributed by atoms with van der Waals surface area (Å²) in [5, 5.41) is 13.5. The van der Waals surface area contributed by atoms with Gasteiger partial charge in [0.05, 0.1) is 33.8 Å². The molecule has 6 heteroatoms. The number of rotatable bonds is 7.